The van der Waals surface area contributed by atoms with Crippen LogP contribution < -0.4 is 0 Å². The van der Waals surface area contributed by atoms with Gasteiger partial charge in [-0.05, 0) is 177 Å². The van der Waals surface area contributed by atoms with Crippen molar-refractivity contribution in [2.75, 3.05) is 0 Å². The molecule has 272 valence electrons. The third kappa shape index (κ3) is 6.80. The second-order valence-electron chi connectivity index (χ2n) is 18.2. The van der Waals surface area contributed by atoms with Crippen molar-refractivity contribution in [1.29, 1.82) is 0 Å². The van der Waals surface area contributed by atoms with E-state index in [4.69, 9.17) is 0 Å². The predicted molar refractivity (Wildman–Crippen MR) is 210 cm³/mol. The van der Waals surface area contributed by atoms with E-state index in [-0.39, 0.29) is 16.2 Å². The fourth-order valence-corrected chi connectivity index (χ4v) is 11.7. The average Bonchev–Trinajstić information content (AvgIpc) is 3.16. The van der Waals surface area contributed by atoms with Crippen LogP contribution in [-0.2, 0) is 10.8 Å². The van der Waals surface area contributed by atoms with Gasteiger partial charge in [0.05, 0.1) is 0 Å². The third-order valence-corrected chi connectivity index (χ3v) is 15.4. The Hall–Kier alpha value is -3.46. The highest BCUT2D eigenvalue weighted by Crippen LogP contribution is 2.59. The Balaban J connectivity index is 1.05. The maximum atomic E-state index is 10.1. The van der Waals surface area contributed by atoms with Gasteiger partial charge in [-0.2, -0.15) is 0 Å². The van der Waals surface area contributed by atoms with Gasteiger partial charge in [0.1, 0.15) is 17.2 Å². The van der Waals surface area contributed by atoms with Crippen LogP contribution in [0.4, 0.5) is 0 Å². The van der Waals surface area contributed by atoms with Crippen LogP contribution in [0.2, 0.25) is 0 Å². The van der Waals surface area contributed by atoms with E-state index < -0.39 is 0 Å². The molecule has 0 radical (unpaired) electrons. The van der Waals surface area contributed by atoms with Crippen LogP contribution in [0, 0.1) is 34.5 Å². The molecule has 3 nitrogen and oxygen atoms in total. The lowest BCUT2D eigenvalue weighted by Gasteiger charge is -2.54. The molecule has 0 aromatic heterocycles. The summed E-state index contributed by atoms with van der Waals surface area (Å²) in [6, 6.07) is 23.9. The summed E-state index contributed by atoms with van der Waals surface area (Å²) in [7, 11) is 0. The fraction of sp³-hybridized carbons (Fsp3) is 0.542. The molecule has 4 aliphatic carbocycles. The second-order valence-corrected chi connectivity index (χ2v) is 18.2. The molecule has 51 heavy (non-hydrogen) atoms. The summed E-state index contributed by atoms with van der Waals surface area (Å²) in [5.41, 5.74) is 6.00. The van der Waals surface area contributed by atoms with Crippen LogP contribution in [0.1, 0.15) is 134 Å². The van der Waals surface area contributed by atoms with Crippen molar-refractivity contribution < 1.29 is 15.3 Å². The van der Waals surface area contributed by atoms with Crippen molar-refractivity contribution in [3.8, 4) is 17.2 Å². The first kappa shape index (κ1) is 35.9. The fourth-order valence-electron chi connectivity index (χ4n) is 11.7. The molecule has 3 heteroatoms. The average molecular weight is 687 g/mol. The molecule has 0 spiro atoms. The minimum atomic E-state index is -0.0924. The minimum absolute atomic E-state index is 0.0603. The third-order valence-electron chi connectivity index (χ3n) is 15.4. The molecule has 3 aromatic rings. The van der Waals surface area contributed by atoms with Crippen LogP contribution in [0.3, 0.4) is 0 Å². The zero-order valence-electron chi connectivity index (χ0n) is 31.7. The van der Waals surface area contributed by atoms with Crippen LogP contribution in [0.25, 0.3) is 0 Å². The maximum absolute atomic E-state index is 10.1. The Morgan fingerprint density at radius 1 is 0.490 bits per heavy atom. The Morgan fingerprint density at radius 3 is 1.27 bits per heavy atom. The number of benzene rings is 3. The summed E-state index contributed by atoms with van der Waals surface area (Å²) in [5.74, 6) is 3.90. The largest absolute Gasteiger partial charge is 0.508 e. The Kier molecular flexibility index (Phi) is 9.98. The zero-order valence-corrected chi connectivity index (χ0v) is 31.7. The van der Waals surface area contributed by atoms with Crippen molar-refractivity contribution in [3.63, 3.8) is 0 Å². The lowest BCUT2D eigenvalue weighted by atomic mass is 9.51. The van der Waals surface area contributed by atoms with Gasteiger partial charge in [0.15, 0.2) is 0 Å². The predicted octanol–water partition coefficient (Wildman–Crippen LogP) is 12.5. The van der Waals surface area contributed by atoms with E-state index in [0.29, 0.717) is 28.6 Å². The molecule has 3 saturated carbocycles. The molecule has 0 amide bonds. The van der Waals surface area contributed by atoms with Crippen LogP contribution in [0.5, 0.6) is 17.2 Å². The van der Waals surface area contributed by atoms with Crippen molar-refractivity contribution in [2.24, 2.45) is 34.5 Å². The van der Waals surface area contributed by atoms with Gasteiger partial charge in [0.2, 0.25) is 0 Å². The highest BCUT2D eigenvalue weighted by atomic mass is 16.3. The van der Waals surface area contributed by atoms with E-state index in [1.165, 1.54) is 86.5 Å². The maximum Gasteiger partial charge on any atom is 0.115 e. The second kappa shape index (κ2) is 14.2. The van der Waals surface area contributed by atoms with Gasteiger partial charge in [-0.3, -0.25) is 0 Å². The molecular weight excluding hydrogens is 625 g/mol. The lowest BCUT2D eigenvalue weighted by molar-refractivity contribution is -0.0161. The van der Waals surface area contributed by atoms with Crippen molar-refractivity contribution in [3.05, 3.63) is 113 Å². The number of aromatic hydroxyl groups is 3. The molecule has 4 aliphatic rings. The summed E-state index contributed by atoms with van der Waals surface area (Å²) in [5, 5.41) is 30.3. The van der Waals surface area contributed by atoms with Crippen LogP contribution in [-0.4, -0.2) is 15.3 Å². The lowest BCUT2D eigenvalue weighted by Crippen LogP contribution is -2.45. The molecule has 7 rings (SSSR count). The molecule has 0 saturated heterocycles. The van der Waals surface area contributed by atoms with Crippen LogP contribution in [0.15, 0.2) is 96.6 Å². The molecule has 3 N–H and O–H groups in total. The molecule has 0 aliphatic heterocycles. The van der Waals surface area contributed by atoms with Gasteiger partial charge in [-0.1, -0.05) is 88.7 Å². The smallest absolute Gasteiger partial charge is 0.115 e. The molecule has 2 unspecified atom stereocenters. The van der Waals surface area contributed by atoms with E-state index in [9.17, 15) is 15.3 Å². The van der Waals surface area contributed by atoms with Crippen molar-refractivity contribution >= 4 is 0 Å². The van der Waals surface area contributed by atoms with E-state index in [1.807, 2.05) is 36.4 Å². The van der Waals surface area contributed by atoms with Gasteiger partial charge in [-0.15, -0.1) is 0 Å². The van der Waals surface area contributed by atoms with Crippen molar-refractivity contribution in [2.45, 2.75) is 128 Å². The van der Waals surface area contributed by atoms with Gasteiger partial charge in [0, 0.05) is 10.8 Å². The first-order chi connectivity index (χ1) is 24.4. The highest BCUT2D eigenvalue weighted by Gasteiger charge is 2.50. The first-order valence-corrected chi connectivity index (χ1v) is 20.2. The SMILES string of the molecule is CC(C)(C1CCC(C2=CCCC=C2)(c2ccc(O)cc2)CC1)C1CCCC(C(C)(C)C2CCC(c3ccc(O)cc3)(c3ccc(O)cc3)CC2)C1. The zero-order chi connectivity index (χ0) is 35.9. The summed E-state index contributed by atoms with van der Waals surface area (Å²) in [6.07, 6.45) is 24.5. The van der Waals surface area contributed by atoms with E-state index in [0.717, 1.165) is 43.4 Å². The molecular formula is C48H62O3. The summed E-state index contributed by atoms with van der Waals surface area (Å²) in [6.45, 7) is 10.4. The van der Waals surface area contributed by atoms with Gasteiger partial charge >= 0.3 is 0 Å². The number of phenolic OH excluding ortho intramolecular Hbond substituents is 3. The number of phenols is 3. The standard InChI is InChI=1S/C48H62O3/c1-45(2,34-25-29-47(30-26-34,36-9-6-5-7-10-36)37-13-19-42(49)20-14-37)40-11-8-12-41(33-40)46(3,4)35-27-31-48(32-28-35,38-15-21-43(50)22-16-38)39-17-23-44(51)24-18-39/h6,9-10,13-24,34-35,40-41,49-51H,5,7-8,11-12,25-33H2,1-4H3. The molecule has 0 bridgehead atoms. The van der Waals surface area contributed by atoms with Crippen LogP contribution >= 0.6 is 0 Å². The number of hydrogen-bond donors (Lipinski definition) is 3. The first-order valence-electron chi connectivity index (χ1n) is 20.2. The molecule has 2 atom stereocenters. The van der Waals surface area contributed by atoms with Gasteiger partial charge in [-0.25, -0.2) is 0 Å². The molecule has 0 heterocycles. The Bertz CT molecular complexity index is 1630. The minimum Gasteiger partial charge on any atom is -0.508 e. The number of rotatable bonds is 8. The summed E-state index contributed by atoms with van der Waals surface area (Å²) in [4.78, 5) is 0. The topological polar surface area (TPSA) is 60.7 Å². The van der Waals surface area contributed by atoms with Crippen molar-refractivity contribution in [1.82, 2.24) is 0 Å². The van der Waals surface area contributed by atoms with E-state index >= 15 is 0 Å². The number of hydrogen-bond acceptors (Lipinski definition) is 3. The van der Waals surface area contributed by atoms with Gasteiger partial charge in [0.25, 0.3) is 0 Å². The highest BCUT2D eigenvalue weighted by molar-refractivity contribution is 5.46. The van der Waals surface area contributed by atoms with Gasteiger partial charge < -0.3 is 15.3 Å². The Labute approximate surface area is 307 Å². The quantitative estimate of drug-likeness (QED) is 0.221. The molecule has 3 fully saturated rings. The number of allylic oxidation sites excluding steroid dienone is 4. The normalized spacial score (nSPS) is 27.5. The van der Waals surface area contributed by atoms with E-state index in [1.54, 1.807) is 0 Å². The van der Waals surface area contributed by atoms with E-state index in [2.05, 4.69) is 82.3 Å². The molecule has 3 aromatic carbocycles. The Morgan fingerprint density at radius 2 is 0.882 bits per heavy atom. The summed E-state index contributed by atoms with van der Waals surface area (Å²) >= 11 is 0. The monoisotopic (exact) mass is 686 g/mol. The summed E-state index contributed by atoms with van der Waals surface area (Å²) < 4.78 is 0.